The van der Waals surface area contributed by atoms with E-state index in [4.69, 9.17) is 29.2 Å². The number of anilines is 2. The van der Waals surface area contributed by atoms with E-state index in [1.165, 1.54) is 79.2 Å². The molecule has 2 aromatic rings. The third-order valence-corrected chi connectivity index (χ3v) is 14.7. The van der Waals surface area contributed by atoms with Crippen molar-refractivity contribution in [3.05, 3.63) is 185 Å². The van der Waals surface area contributed by atoms with Gasteiger partial charge in [0.2, 0.25) is 59.1 Å². The summed E-state index contributed by atoms with van der Waals surface area (Å²) >= 11 is 0. The lowest BCUT2D eigenvalue weighted by molar-refractivity contribution is -0.890. The second-order valence-electron chi connectivity index (χ2n) is 27.6. The average Bonchev–Trinajstić information content (AvgIpc) is 1.04. The first-order chi connectivity index (χ1) is 55.3. The number of aliphatic carboxylic acids is 1. The first kappa shape index (κ1) is 128. The molecular formula is C80H134B2N12O25S2. The van der Waals surface area contributed by atoms with E-state index in [1.54, 1.807) is 78.1 Å². The maximum absolute atomic E-state index is 11.3. The lowest BCUT2D eigenvalue weighted by Crippen LogP contribution is -2.48. The summed E-state index contributed by atoms with van der Waals surface area (Å²) in [6, 6.07) is 13.0. The zero-order valence-corrected chi connectivity index (χ0v) is 75.5. The number of carboxylic acids is 1. The van der Waals surface area contributed by atoms with Crippen LogP contribution < -0.4 is 74.5 Å². The molecule has 0 aliphatic carbocycles. The van der Waals surface area contributed by atoms with Gasteiger partial charge in [0, 0.05) is 110 Å². The van der Waals surface area contributed by atoms with E-state index in [1.807, 2.05) is 48.7 Å². The molecule has 0 bridgehead atoms. The first-order valence-corrected chi connectivity index (χ1v) is 39.6. The van der Waals surface area contributed by atoms with E-state index < -0.39 is 74.8 Å². The van der Waals surface area contributed by atoms with Crippen LogP contribution in [0.25, 0.3) is 0 Å². The molecule has 0 radical (unpaired) electrons. The van der Waals surface area contributed by atoms with Gasteiger partial charge in [-0.25, -0.2) is 0 Å². The molecule has 2 aromatic carbocycles. The Labute approximate surface area is 716 Å². The van der Waals surface area contributed by atoms with Crippen LogP contribution in [-0.4, -0.2) is 245 Å². The highest BCUT2D eigenvalue weighted by atomic mass is 32.2. The molecule has 11 amide bonds. The number of nitrogens with zero attached hydrogens (tertiary/aromatic N) is 1. The van der Waals surface area contributed by atoms with Crippen LogP contribution in [0.4, 0.5) is 11.4 Å². The minimum Gasteiger partial charge on any atom is -0.550 e. The third kappa shape index (κ3) is 92.6. The van der Waals surface area contributed by atoms with Crippen molar-refractivity contribution in [1.82, 2.24) is 47.9 Å². The Morgan fingerprint density at radius 2 is 0.843 bits per heavy atom. The highest BCUT2D eigenvalue weighted by Crippen LogP contribution is 2.10. The molecule has 0 aromatic heterocycles. The number of carbonyl (C=O) groups is 12. The van der Waals surface area contributed by atoms with Gasteiger partial charge in [0.15, 0.2) is 0 Å². The van der Waals surface area contributed by atoms with Gasteiger partial charge < -0.3 is 102 Å². The quantitative estimate of drug-likeness (QED) is 0.0116. The molecule has 2 rings (SSSR count). The lowest BCUT2D eigenvalue weighted by Gasteiger charge is -2.30. The largest absolute Gasteiger partial charge is 0.550 e. The van der Waals surface area contributed by atoms with Gasteiger partial charge in [-0.3, -0.25) is 61.8 Å². The number of quaternary nitrogens is 1. The van der Waals surface area contributed by atoms with E-state index in [-0.39, 0.29) is 90.7 Å². The minimum atomic E-state index is -4.10. The van der Waals surface area contributed by atoms with Crippen molar-refractivity contribution in [3.63, 3.8) is 0 Å². The van der Waals surface area contributed by atoms with Crippen molar-refractivity contribution >= 4 is 128 Å². The predicted molar refractivity (Wildman–Crippen MR) is 475 cm³/mol. The molecule has 0 saturated heterocycles. The molecule has 0 aliphatic heterocycles. The van der Waals surface area contributed by atoms with Crippen LogP contribution in [0.15, 0.2) is 185 Å². The molecule has 121 heavy (non-hydrogen) atoms. The Bertz CT molecular complexity index is 3950. The predicted octanol–water partition coefficient (Wildman–Crippen LogP) is 1.53. The Kier molecular flexibility index (Phi) is 75.9. The van der Waals surface area contributed by atoms with Gasteiger partial charge in [-0.2, -0.15) is 16.8 Å². The molecule has 0 saturated carbocycles. The molecular weight excluding hydrogens is 1610 g/mol. The fourth-order valence-corrected chi connectivity index (χ4v) is 8.75. The van der Waals surface area contributed by atoms with Crippen LogP contribution in [0.3, 0.4) is 0 Å². The molecule has 0 heterocycles. The second kappa shape index (κ2) is 71.8. The number of carbonyl (C=O) groups excluding carboxylic acids is 12. The number of amides is 11. The molecule has 682 valence electrons. The molecule has 17 N–H and O–H groups in total. The van der Waals surface area contributed by atoms with Crippen LogP contribution in [-0.2, 0) is 87.2 Å². The second-order valence-corrected chi connectivity index (χ2v) is 30.5. The van der Waals surface area contributed by atoms with Gasteiger partial charge in [-0.1, -0.05) is 96.6 Å². The Morgan fingerprint density at radius 1 is 0.488 bits per heavy atom. The number of hydrogen-bond donors (Lipinski definition) is 17. The Balaban J connectivity index is -0.000000165. The van der Waals surface area contributed by atoms with Crippen molar-refractivity contribution in [1.29, 1.82) is 0 Å². The zero-order chi connectivity index (χ0) is 97.0. The fraction of sp³-hybridized carbons (Fsp3) is 0.425. The summed E-state index contributed by atoms with van der Waals surface area (Å²) < 4.78 is 69.0. The van der Waals surface area contributed by atoms with E-state index >= 15 is 0 Å². The van der Waals surface area contributed by atoms with E-state index in [2.05, 4.69) is 140 Å². The molecule has 0 atom stereocenters. The molecule has 0 unspecified atom stereocenters. The molecule has 0 spiro atoms. The Morgan fingerprint density at radius 3 is 1.13 bits per heavy atom. The molecule has 37 nitrogen and oxygen atoms in total. The van der Waals surface area contributed by atoms with Crippen molar-refractivity contribution < 1.29 is 123 Å². The van der Waals surface area contributed by atoms with Crippen molar-refractivity contribution in [2.45, 2.75) is 140 Å². The molecule has 0 fully saturated rings. The fourth-order valence-electron chi connectivity index (χ4n) is 6.78. The number of rotatable bonds is 35. The van der Waals surface area contributed by atoms with Crippen LogP contribution in [0.2, 0.25) is 0 Å². The smallest absolute Gasteiger partial charge is 0.488 e. The number of ether oxygens (including phenoxy) is 2. The standard InChI is InChI=1S/C12H22N2O3.C10H12BNO3.C9H10BNO3.C8H15NO4S.C7H13NO4S.C7H13NO.C6H11NO2.2C6H11NO.C5H9NO2.C4H7NO/c1-10(2)12(17)13-7-5-8-14(3,4)9-6-11(15)16;1-7(2)10(13)12-9-5-3-4-8(6-9)11(14)15;1-2-9(12)11-8-5-3-4-7(6-8)10(13)14;1-6(2)7(10)9-8(3,4)5-14(11,12)13;1-4-6(9)8-7(2,3)5-13(10,11)12;1-5(2)7(9)8-6(3)4;1-5(2)6(8)7-4-9-3;1-4-7-6(8)5(2)3;1-4-6(8)7-5(2)3;1-3-5(7)6-4-8-2;1-3-4(6)5-2/h1,5-9H2,2-4H3,(H-,13,15,16,17);3-6,14-15H,1H2,2H3,(H,12,13);2-6,13-14H,1H2,(H,11,12);1,5H2,2-4H3,(H,9,10)(H,11,12,13);4H,1,5H2,2-3H3,(H,8,9)(H,10,11,12);6H,1H2,2-4H3,(H,8,9);1,4H2,2-3H3,(H,7,8);2,4H2,1,3H3,(H,7,8);4-5H,1H2,2-3H3,(H,7,8);3H,1,4H2,2H3,(H,6,7);3H,1H2,2H3,(H,5,6). The van der Waals surface area contributed by atoms with E-state index in [0.717, 1.165) is 25.1 Å². The normalized spacial score (nSPS) is 9.88. The van der Waals surface area contributed by atoms with Crippen LogP contribution >= 0.6 is 0 Å². The van der Waals surface area contributed by atoms with Gasteiger partial charge in [0.25, 0.3) is 26.1 Å². The third-order valence-electron chi connectivity index (χ3n) is 12.5. The van der Waals surface area contributed by atoms with Crippen molar-refractivity contribution in [3.8, 4) is 0 Å². The minimum absolute atomic E-state index is 0.0606. The highest BCUT2D eigenvalue weighted by molar-refractivity contribution is 7.86. The number of hydrogen-bond acceptors (Lipinski definition) is 23. The summed E-state index contributed by atoms with van der Waals surface area (Å²) in [5.41, 5.74) is 2.44. The first-order valence-electron chi connectivity index (χ1n) is 36.4. The number of nitrogens with one attached hydrogen (secondary N) is 11. The summed E-state index contributed by atoms with van der Waals surface area (Å²) in [6.45, 7) is 65.5. The van der Waals surface area contributed by atoms with Crippen LogP contribution in [0.1, 0.15) is 117 Å². The van der Waals surface area contributed by atoms with Gasteiger partial charge >= 0.3 is 14.2 Å². The molecule has 0 aliphatic rings. The number of likely N-dealkylation sites (N-methyl/N-ethyl adjacent to an activating group) is 2. The van der Waals surface area contributed by atoms with E-state index in [0.29, 0.717) is 74.3 Å². The maximum Gasteiger partial charge on any atom is 0.488 e. The summed E-state index contributed by atoms with van der Waals surface area (Å²) in [5.74, 6) is -4.52. The highest BCUT2D eigenvalue weighted by Gasteiger charge is 2.28. The monoisotopic (exact) mass is 1750 g/mol. The number of benzene rings is 2. The Hall–Kier alpha value is -11.1. The van der Waals surface area contributed by atoms with Crippen molar-refractivity contribution in [2.75, 3.05) is 97.1 Å². The van der Waals surface area contributed by atoms with Gasteiger partial charge in [-0.15, -0.1) is 0 Å². The van der Waals surface area contributed by atoms with Gasteiger partial charge in [0.1, 0.15) is 13.5 Å². The molecule has 41 heteroatoms. The van der Waals surface area contributed by atoms with Crippen LogP contribution in [0, 0.1) is 0 Å². The number of carboxylic acid groups (broad SMARTS) is 1. The van der Waals surface area contributed by atoms with Crippen molar-refractivity contribution in [2.24, 2.45) is 0 Å². The lowest BCUT2D eigenvalue weighted by atomic mass is 9.80. The maximum atomic E-state index is 11.3. The summed E-state index contributed by atoms with van der Waals surface area (Å²) in [7, 11) is -2.75. The zero-order valence-electron chi connectivity index (χ0n) is 73.9. The SMILES string of the molecule is C=C(C)C(=O)NC(C)(C)CS(=O)(=O)O.C=C(C)C(=O)NC(C)C.C=C(C)C(=O)NCC.C=C(C)C(=O)NCCC[N+](C)(C)CCC(=O)[O-].C=C(C)C(=O)NCOC.C=C(C)C(=O)Nc1cccc(B(O)O)c1.C=CC(=O)NC.C=CC(=O)NC(C)(C)CS(=O)(=O)O.C=CC(=O)NC(C)C.C=CC(=O)NCOC.C=CC(=O)Nc1cccc(B(O)O)c1. The summed E-state index contributed by atoms with van der Waals surface area (Å²) in [4.78, 5) is 128. The van der Waals surface area contributed by atoms with E-state index in [9.17, 15) is 79.5 Å². The summed E-state index contributed by atoms with van der Waals surface area (Å²) in [5, 5.41) is 73.7. The summed E-state index contributed by atoms with van der Waals surface area (Å²) in [6.07, 6.45) is 6.72. The number of methoxy groups -OCH3 is 2. The van der Waals surface area contributed by atoms with Gasteiger partial charge in [-0.05, 0) is 169 Å². The van der Waals surface area contributed by atoms with Gasteiger partial charge in [0.05, 0.1) is 49.8 Å². The van der Waals surface area contributed by atoms with Crippen LogP contribution in [0.5, 0.6) is 0 Å². The average molecular weight is 1750 g/mol. The topological polar surface area (TPSA) is 568 Å².